The summed E-state index contributed by atoms with van der Waals surface area (Å²) in [6, 6.07) is 12.9. The minimum Gasteiger partial charge on any atom is -0.492 e. The molecule has 6 nitrogen and oxygen atoms in total. The molecule has 0 radical (unpaired) electrons. The maximum Gasteiger partial charge on any atom is 0.220 e. The summed E-state index contributed by atoms with van der Waals surface area (Å²) < 4.78 is 5.72. The fourth-order valence-electron chi connectivity index (χ4n) is 2.68. The lowest BCUT2D eigenvalue weighted by Gasteiger charge is -2.32. The summed E-state index contributed by atoms with van der Waals surface area (Å²) in [6.45, 7) is 0.979. The van der Waals surface area contributed by atoms with Crippen molar-refractivity contribution in [3.63, 3.8) is 0 Å². The zero-order chi connectivity index (χ0) is 19.4. The average molecular weight is 427 g/mol. The van der Waals surface area contributed by atoms with Crippen molar-refractivity contribution in [1.29, 1.82) is 0 Å². The first kappa shape index (κ1) is 19.6. The van der Waals surface area contributed by atoms with Crippen molar-refractivity contribution in [2.75, 3.05) is 13.2 Å². The van der Waals surface area contributed by atoms with Crippen LogP contribution in [0.3, 0.4) is 0 Å². The van der Waals surface area contributed by atoms with Crippen molar-refractivity contribution in [1.82, 2.24) is 4.90 Å². The molecule has 0 spiro atoms. The molecule has 1 unspecified atom stereocenters. The van der Waals surface area contributed by atoms with Crippen LogP contribution >= 0.6 is 34.8 Å². The van der Waals surface area contributed by atoms with Gasteiger partial charge in [-0.25, -0.2) is 4.99 Å². The van der Waals surface area contributed by atoms with Gasteiger partial charge >= 0.3 is 0 Å². The second kappa shape index (κ2) is 8.69. The maximum absolute atomic E-state index is 6.12. The molecule has 0 aromatic heterocycles. The Morgan fingerprint density at radius 3 is 2.44 bits per heavy atom. The molecule has 142 valence electrons. The highest BCUT2D eigenvalue weighted by molar-refractivity contribution is 6.43. The Morgan fingerprint density at radius 2 is 1.70 bits per heavy atom. The minimum atomic E-state index is -0.322. The maximum atomic E-state index is 6.12. The molecule has 4 N–H and O–H groups in total. The van der Waals surface area contributed by atoms with E-state index in [1.165, 1.54) is 0 Å². The van der Waals surface area contributed by atoms with Crippen molar-refractivity contribution < 1.29 is 4.74 Å². The predicted octanol–water partition coefficient (Wildman–Crippen LogP) is 4.06. The third-order valence-electron chi connectivity index (χ3n) is 3.95. The Hall–Kier alpha value is -2.15. The lowest BCUT2D eigenvalue weighted by atomic mass is 10.1. The average Bonchev–Trinajstić information content (AvgIpc) is 2.64. The van der Waals surface area contributed by atoms with Gasteiger partial charge < -0.3 is 21.1 Å². The summed E-state index contributed by atoms with van der Waals surface area (Å²) >= 11 is 18.0. The van der Waals surface area contributed by atoms with Gasteiger partial charge in [-0.2, -0.15) is 4.99 Å². The fourth-order valence-corrected chi connectivity index (χ4v) is 3.27. The molecule has 1 atom stereocenters. The van der Waals surface area contributed by atoms with E-state index in [1.807, 2.05) is 35.2 Å². The molecule has 0 saturated heterocycles. The minimum absolute atomic E-state index is 0.163. The molecule has 2 aromatic carbocycles. The number of hydrogen-bond acceptors (Lipinski definition) is 6. The van der Waals surface area contributed by atoms with Crippen LogP contribution in [-0.2, 0) is 0 Å². The number of aliphatic imine (C=N–C) groups is 2. The van der Waals surface area contributed by atoms with Crippen LogP contribution in [0.4, 0.5) is 0 Å². The number of rotatable bonds is 6. The number of guanidine groups is 2. The lowest BCUT2D eigenvalue weighted by Crippen LogP contribution is -2.44. The number of nitrogens with two attached hydrogens (primary N) is 2. The van der Waals surface area contributed by atoms with E-state index in [0.29, 0.717) is 46.3 Å². The number of benzene rings is 2. The second-order valence-electron chi connectivity index (χ2n) is 5.83. The smallest absolute Gasteiger partial charge is 0.220 e. The zero-order valence-corrected chi connectivity index (χ0v) is 16.5. The van der Waals surface area contributed by atoms with Gasteiger partial charge in [0.15, 0.2) is 6.17 Å². The van der Waals surface area contributed by atoms with Gasteiger partial charge in [0, 0.05) is 12.6 Å². The fraction of sp³-hybridized carbons (Fsp3) is 0.222. The normalized spacial score (nSPS) is 16.7. The van der Waals surface area contributed by atoms with Crippen LogP contribution in [0.25, 0.3) is 0 Å². The van der Waals surface area contributed by atoms with Crippen LogP contribution in [-0.4, -0.2) is 30.0 Å². The SMILES string of the molecule is NC1=NC(c2ccccc2)N(CCCOc2cc(Cl)c(Cl)cc2Cl)C(N)=N1. The second-order valence-corrected chi connectivity index (χ2v) is 7.06. The van der Waals surface area contributed by atoms with Gasteiger partial charge in [0.1, 0.15) is 5.75 Å². The Bertz CT molecular complexity index is 873. The van der Waals surface area contributed by atoms with Gasteiger partial charge in [-0.05, 0) is 18.1 Å². The van der Waals surface area contributed by atoms with Crippen molar-refractivity contribution in [2.24, 2.45) is 21.5 Å². The largest absolute Gasteiger partial charge is 0.492 e. The molecular weight excluding hydrogens is 409 g/mol. The molecule has 1 aliphatic heterocycles. The quantitative estimate of drug-likeness (QED) is 0.538. The molecule has 0 saturated carbocycles. The summed E-state index contributed by atoms with van der Waals surface area (Å²) in [6.07, 6.45) is 0.336. The van der Waals surface area contributed by atoms with Crippen LogP contribution < -0.4 is 16.2 Å². The first-order chi connectivity index (χ1) is 13.0. The Balaban J connectivity index is 1.64. The van der Waals surface area contributed by atoms with Gasteiger partial charge in [-0.3, -0.25) is 0 Å². The zero-order valence-electron chi connectivity index (χ0n) is 14.3. The van der Waals surface area contributed by atoms with Crippen molar-refractivity contribution >= 4 is 46.7 Å². The van der Waals surface area contributed by atoms with Gasteiger partial charge in [-0.15, -0.1) is 0 Å². The van der Waals surface area contributed by atoms with Crippen molar-refractivity contribution in [2.45, 2.75) is 12.6 Å². The number of ether oxygens (including phenoxy) is 1. The van der Waals surface area contributed by atoms with Crippen LogP contribution in [0.2, 0.25) is 15.1 Å². The van der Waals surface area contributed by atoms with E-state index in [4.69, 9.17) is 51.0 Å². The molecule has 3 rings (SSSR count). The molecule has 1 aliphatic rings. The Labute approximate surface area is 172 Å². The van der Waals surface area contributed by atoms with Gasteiger partial charge in [0.05, 0.1) is 21.7 Å². The summed E-state index contributed by atoms with van der Waals surface area (Å²) in [5, 5.41) is 1.17. The van der Waals surface area contributed by atoms with Crippen molar-refractivity contribution in [3.05, 3.63) is 63.1 Å². The molecule has 2 aromatic rings. The van der Waals surface area contributed by atoms with Gasteiger partial charge in [-0.1, -0.05) is 65.1 Å². The van der Waals surface area contributed by atoms with E-state index in [9.17, 15) is 0 Å². The summed E-state index contributed by atoms with van der Waals surface area (Å²) in [5.41, 5.74) is 12.8. The molecule has 0 bridgehead atoms. The highest BCUT2D eigenvalue weighted by Gasteiger charge is 2.25. The van der Waals surface area contributed by atoms with E-state index in [0.717, 1.165) is 5.56 Å². The molecule has 9 heteroatoms. The molecule has 27 heavy (non-hydrogen) atoms. The first-order valence-electron chi connectivity index (χ1n) is 8.22. The number of nitrogens with zero attached hydrogens (tertiary/aromatic N) is 3. The van der Waals surface area contributed by atoms with Gasteiger partial charge in [0.2, 0.25) is 11.9 Å². The molecule has 0 amide bonds. The third-order valence-corrected chi connectivity index (χ3v) is 4.96. The summed E-state index contributed by atoms with van der Waals surface area (Å²) in [7, 11) is 0. The number of hydrogen-bond donors (Lipinski definition) is 2. The molecule has 0 aliphatic carbocycles. The van der Waals surface area contributed by atoms with E-state index in [-0.39, 0.29) is 12.1 Å². The molecule has 1 heterocycles. The topological polar surface area (TPSA) is 89.2 Å². The monoisotopic (exact) mass is 425 g/mol. The van der Waals surface area contributed by atoms with E-state index >= 15 is 0 Å². The van der Waals surface area contributed by atoms with Crippen LogP contribution in [0.5, 0.6) is 5.75 Å². The lowest BCUT2D eigenvalue weighted by molar-refractivity contribution is 0.258. The van der Waals surface area contributed by atoms with Gasteiger partial charge in [0.25, 0.3) is 0 Å². The van der Waals surface area contributed by atoms with Crippen LogP contribution in [0.15, 0.2) is 52.4 Å². The number of halogens is 3. The predicted molar refractivity (Wildman–Crippen MR) is 111 cm³/mol. The first-order valence-corrected chi connectivity index (χ1v) is 9.35. The Morgan fingerprint density at radius 1 is 1.00 bits per heavy atom. The third kappa shape index (κ3) is 4.77. The van der Waals surface area contributed by atoms with E-state index in [2.05, 4.69) is 9.98 Å². The van der Waals surface area contributed by atoms with Crippen molar-refractivity contribution in [3.8, 4) is 5.75 Å². The van der Waals surface area contributed by atoms with Crippen LogP contribution in [0, 0.1) is 0 Å². The van der Waals surface area contributed by atoms with E-state index in [1.54, 1.807) is 12.1 Å². The van der Waals surface area contributed by atoms with Crippen LogP contribution in [0.1, 0.15) is 18.2 Å². The highest BCUT2D eigenvalue weighted by atomic mass is 35.5. The summed E-state index contributed by atoms with van der Waals surface area (Å²) in [5.74, 6) is 0.966. The van der Waals surface area contributed by atoms with E-state index < -0.39 is 0 Å². The summed E-state index contributed by atoms with van der Waals surface area (Å²) in [4.78, 5) is 10.4. The highest BCUT2D eigenvalue weighted by Crippen LogP contribution is 2.34. The Kier molecular flexibility index (Phi) is 6.31. The standard InChI is InChI=1S/C18H18Cl3N5O/c19-12-9-14(21)15(10-13(12)20)27-8-4-7-26-16(11-5-2-1-3-6-11)24-17(22)25-18(26)23/h1-3,5-6,9-10,16H,4,7-8H2,(H4,22,23,24,25). The molecule has 0 fully saturated rings. The molecular formula is C18H18Cl3N5O.